The van der Waals surface area contributed by atoms with Gasteiger partial charge in [0.2, 0.25) is 0 Å². The topological polar surface area (TPSA) is 67.8 Å². The van der Waals surface area contributed by atoms with E-state index < -0.39 is 5.54 Å². The molecule has 0 bridgehead atoms. The van der Waals surface area contributed by atoms with Gasteiger partial charge < -0.3 is 14.6 Å². The first kappa shape index (κ1) is 26.2. The van der Waals surface area contributed by atoms with Crippen molar-refractivity contribution in [2.45, 2.75) is 72.8 Å². The number of carbonyl (C=O) groups excluding carboxylic acids is 1. The summed E-state index contributed by atoms with van der Waals surface area (Å²) in [5, 5.41) is 13.3. The number of esters is 1. The van der Waals surface area contributed by atoms with Gasteiger partial charge in [0.25, 0.3) is 0 Å². The van der Waals surface area contributed by atoms with Crippen LogP contribution in [0.15, 0.2) is 30.3 Å². The Labute approximate surface area is 194 Å². The SMILES string of the molecule is CCCOC(=O)C(C)(C)NPCOc1cc(C)c(Cc2ccc(O)c(C(C)C)c2)c(C)c1. The number of nitrogens with one attached hydrogen (secondary N) is 1. The number of carbonyl (C=O) groups is 1. The van der Waals surface area contributed by atoms with E-state index in [9.17, 15) is 9.90 Å². The third-order valence-electron chi connectivity index (χ3n) is 5.42. The van der Waals surface area contributed by atoms with Gasteiger partial charge in [-0.25, -0.2) is 0 Å². The second kappa shape index (κ2) is 11.7. The number of rotatable bonds is 11. The monoisotopic (exact) mass is 459 g/mol. The lowest BCUT2D eigenvalue weighted by atomic mass is 9.93. The van der Waals surface area contributed by atoms with E-state index in [1.807, 2.05) is 26.8 Å². The molecule has 176 valence electrons. The Kier molecular flexibility index (Phi) is 9.54. The molecule has 32 heavy (non-hydrogen) atoms. The molecule has 0 aromatic heterocycles. The molecule has 6 heteroatoms. The van der Waals surface area contributed by atoms with Crippen LogP contribution in [-0.2, 0) is 16.0 Å². The van der Waals surface area contributed by atoms with Crippen molar-refractivity contribution in [1.29, 1.82) is 0 Å². The van der Waals surface area contributed by atoms with E-state index in [4.69, 9.17) is 9.47 Å². The van der Waals surface area contributed by atoms with E-state index in [1.165, 1.54) is 22.3 Å². The van der Waals surface area contributed by atoms with Crippen LogP contribution in [-0.4, -0.2) is 29.6 Å². The first-order chi connectivity index (χ1) is 15.0. The number of phenols is 1. The van der Waals surface area contributed by atoms with Gasteiger partial charge in [0.05, 0.1) is 6.61 Å². The second-order valence-corrected chi connectivity index (χ2v) is 10.0. The summed E-state index contributed by atoms with van der Waals surface area (Å²) in [5.41, 5.74) is 5.07. The summed E-state index contributed by atoms with van der Waals surface area (Å²) >= 11 is 0. The predicted octanol–water partition coefficient (Wildman–Crippen LogP) is 5.97. The highest BCUT2D eigenvalue weighted by atomic mass is 31.1. The van der Waals surface area contributed by atoms with Crippen LogP contribution in [0.5, 0.6) is 11.5 Å². The molecule has 2 N–H and O–H groups in total. The van der Waals surface area contributed by atoms with E-state index in [0.29, 0.717) is 18.7 Å². The number of hydrogen-bond acceptors (Lipinski definition) is 5. The molecule has 1 atom stereocenters. The van der Waals surface area contributed by atoms with Crippen LogP contribution in [0.3, 0.4) is 0 Å². The summed E-state index contributed by atoms with van der Waals surface area (Å²) in [7, 11) is 0.274. The van der Waals surface area contributed by atoms with Crippen molar-refractivity contribution in [3.63, 3.8) is 0 Å². The second-order valence-electron chi connectivity index (χ2n) is 9.11. The number of benzene rings is 2. The van der Waals surface area contributed by atoms with Gasteiger partial charge in [-0.1, -0.05) is 32.9 Å². The van der Waals surface area contributed by atoms with Crippen LogP contribution >= 0.6 is 8.73 Å². The fourth-order valence-electron chi connectivity index (χ4n) is 3.50. The molecule has 0 fully saturated rings. The molecule has 2 aromatic carbocycles. The molecule has 0 saturated heterocycles. The lowest BCUT2D eigenvalue weighted by Gasteiger charge is -2.24. The Bertz CT molecular complexity index is 901. The maximum Gasteiger partial charge on any atom is 0.326 e. The van der Waals surface area contributed by atoms with Gasteiger partial charge in [0.1, 0.15) is 23.4 Å². The number of aryl methyl sites for hydroxylation is 2. The number of phenolic OH excluding ortho intramolecular Hbond substituents is 1. The minimum absolute atomic E-state index is 0.238. The van der Waals surface area contributed by atoms with E-state index in [0.717, 1.165) is 24.2 Å². The smallest absolute Gasteiger partial charge is 0.326 e. The molecule has 0 amide bonds. The van der Waals surface area contributed by atoms with Gasteiger partial charge in [-0.05, 0) is 101 Å². The summed E-state index contributed by atoms with van der Waals surface area (Å²) in [5.74, 6) is 1.23. The van der Waals surface area contributed by atoms with Gasteiger partial charge in [-0.3, -0.25) is 9.88 Å². The number of ether oxygens (including phenoxy) is 2. The maximum atomic E-state index is 12.1. The molecule has 0 heterocycles. The molecule has 0 aliphatic heterocycles. The Morgan fingerprint density at radius 3 is 2.41 bits per heavy atom. The quantitative estimate of drug-likeness (QED) is 0.246. The normalized spacial score (nSPS) is 12.0. The van der Waals surface area contributed by atoms with Crippen LogP contribution in [0.1, 0.15) is 74.8 Å². The van der Waals surface area contributed by atoms with Gasteiger partial charge in [-0.15, -0.1) is 0 Å². The fraction of sp³-hybridized carbons (Fsp3) is 0.500. The summed E-state index contributed by atoms with van der Waals surface area (Å²) in [6.45, 7) is 14.5. The highest BCUT2D eigenvalue weighted by Gasteiger charge is 2.28. The lowest BCUT2D eigenvalue weighted by molar-refractivity contribution is -0.149. The van der Waals surface area contributed by atoms with Crippen molar-refractivity contribution < 1.29 is 19.4 Å². The molecule has 1 unspecified atom stereocenters. The van der Waals surface area contributed by atoms with E-state index >= 15 is 0 Å². The van der Waals surface area contributed by atoms with Crippen molar-refractivity contribution in [3.8, 4) is 11.5 Å². The fourth-order valence-corrected chi connectivity index (χ4v) is 4.35. The van der Waals surface area contributed by atoms with Crippen molar-refractivity contribution in [3.05, 3.63) is 58.1 Å². The summed E-state index contributed by atoms with van der Waals surface area (Å²) < 4.78 is 11.2. The van der Waals surface area contributed by atoms with Crippen LogP contribution in [0.25, 0.3) is 0 Å². The molecule has 0 aliphatic rings. The molecule has 5 nitrogen and oxygen atoms in total. The summed E-state index contributed by atoms with van der Waals surface area (Å²) in [6.07, 6.45) is 2.11. The lowest BCUT2D eigenvalue weighted by Crippen LogP contribution is -2.44. The summed E-state index contributed by atoms with van der Waals surface area (Å²) in [4.78, 5) is 12.1. The minimum atomic E-state index is -0.731. The highest BCUT2D eigenvalue weighted by molar-refractivity contribution is 7.35. The molecule has 0 aliphatic carbocycles. The van der Waals surface area contributed by atoms with Gasteiger partial charge in [0.15, 0.2) is 0 Å². The van der Waals surface area contributed by atoms with Crippen molar-refractivity contribution in [2.24, 2.45) is 0 Å². The third-order valence-corrected chi connectivity index (χ3v) is 6.51. The van der Waals surface area contributed by atoms with Crippen molar-refractivity contribution in [1.82, 2.24) is 5.09 Å². The average molecular weight is 460 g/mol. The molecule has 2 rings (SSSR count). The molecule has 0 spiro atoms. The van der Waals surface area contributed by atoms with Crippen molar-refractivity contribution in [2.75, 3.05) is 13.0 Å². The standard InChI is InChI=1S/C26H38NO4P/c1-8-11-30-25(29)26(6,7)27-32-16-31-21-12-18(4)23(19(5)13-21)15-20-9-10-24(28)22(14-20)17(2)3/h9-10,12-14,17,27-28,32H,8,11,15-16H2,1-7H3. The first-order valence-electron chi connectivity index (χ1n) is 11.3. The maximum absolute atomic E-state index is 12.1. The zero-order valence-corrected chi connectivity index (χ0v) is 21.5. The van der Waals surface area contributed by atoms with Crippen LogP contribution in [0.2, 0.25) is 0 Å². The molecule has 2 aromatic rings. The van der Waals surface area contributed by atoms with E-state index in [1.54, 1.807) is 6.07 Å². The van der Waals surface area contributed by atoms with Crippen LogP contribution < -0.4 is 9.82 Å². The largest absolute Gasteiger partial charge is 0.508 e. The van der Waals surface area contributed by atoms with Gasteiger partial charge in [-0.2, -0.15) is 0 Å². The molecule has 0 saturated carbocycles. The highest BCUT2D eigenvalue weighted by Crippen LogP contribution is 2.30. The first-order valence-corrected chi connectivity index (χ1v) is 12.5. The average Bonchev–Trinajstić information content (AvgIpc) is 2.73. The molecular formula is C26H38NO4P. The van der Waals surface area contributed by atoms with Gasteiger partial charge >= 0.3 is 5.97 Å². The van der Waals surface area contributed by atoms with E-state index in [2.05, 4.69) is 51.0 Å². The Balaban J connectivity index is 1.98. The molecular weight excluding hydrogens is 421 g/mol. The minimum Gasteiger partial charge on any atom is -0.508 e. The predicted molar refractivity (Wildman–Crippen MR) is 133 cm³/mol. The van der Waals surface area contributed by atoms with Crippen LogP contribution in [0.4, 0.5) is 0 Å². The Morgan fingerprint density at radius 2 is 1.81 bits per heavy atom. The number of hydrogen-bond donors (Lipinski definition) is 2. The zero-order valence-electron chi connectivity index (χ0n) is 20.5. The summed E-state index contributed by atoms with van der Waals surface area (Å²) in [6, 6.07) is 10.0. The third kappa shape index (κ3) is 7.21. The Morgan fingerprint density at radius 1 is 1.16 bits per heavy atom. The van der Waals surface area contributed by atoms with Crippen LogP contribution in [0, 0.1) is 13.8 Å². The van der Waals surface area contributed by atoms with Gasteiger partial charge in [0, 0.05) is 0 Å². The van der Waals surface area contributed by atoms with E-state index in [-0.39, 0.29) is 20.6 Å². The number of aromatic hydroxyl groups is 1. The Hall–Kier alpha value is -2.10. The molecule has 0 radical (unpaired) electrons. The zero-order chi connectivity index (χ0) is 23.9. The van der Waals surface area contributed by atoms with Crippen molar-refractivity contribution >= 4 is 14.7 Å².